The third-order valence-corrected chi connectivity index (χ3v) is 1.96. The number of nitrogens with one attached hydrogen (secondary N) is 1. The number of hydrogen-bond acceptors (Lipinski definition) is 3. The topological polar surface area (TPSA) is 38.3 Å². The first kappa shape index (κ1) is 10.9. The van der Waals surface area contributed by atoms with Crippen molar-refractivity contribution in [3.05, 3.63) is 12.2 Å². The van der Waals surface area contributed by atoms with Crippen molar-refractivity contribution in [2.45, 2.75) is 19.9 Å². The highest BCUT2D eigenvalue weighted by molar-refractivity contribution is 14.1. The molecule has 0 aromatic rings. The van der Waals surface area contributed by atoms with Gasteiger partial charge in [-0.15, -0.1) is 0 Å². The molecule has 0 heterocycles. The Morgan fingerprint density at radius 1 is 1.82 bits per heavy atom. The van der Waals surface area contributed by atoms with Crippen LogP contribution in [-0.2, 0) is 9.53 Å². The second kappa shape index (κ2) is 6.60. The van der Waals surface area contributed by atoms with Crippen molar-refractivity contribution < 1.29 is 9.53 Å². The lowest BCUT2D eigenvalue weighted by Gasteiger charge is -2.00. The van der Waals surface area contributed by atoms with Crippen LogP contribution in [-0.4, -0.2) is 18.6 Å². The van der Waals surface area contributed by atoms with Gasteiger partial charge in [0.2, 0.25) is 0 Å². The summed E-state index contributed by atoms with van der Waals surface area (Å²) in [6.07, 6.45) is 3.18. The molecule has 0 aliphatic heterocycles. The summed E-state index contributed by atoms with van der Waals surface area (Å²) in [5.74, 6) is -0.286. The van der Waals surface area contributed by atoms with Crippen molar-refractivity contribution in [2.24, 2.45) is 0 Å². The maximum absolute atomic E-state index is 10.7. The van der Waals surface area contributed by atoms with Crippen molar-refractivity contribution in [1.82, 2.24) is 3.53 Å². The maximum Gasteiger partial charge on any atom is 0.330 e. The van der Waals surface area contributed by atoms with Gasteiger partial charge in [0.15, 0.2) is 0 Å². The van der Waals surface area contributed by atoms with E-state index in [1.54, 1.807) is 13.0 Å². The standard InChI is InChI=1S/C7H12INO2/c1-3-11-7(10)5-4-6(2)9-8/h4-6,9H,3H2,1-2H3/b5-4+/t6-/m1/s1. The second-order valence-electron chi connectivity index (χ2n) is 2.01. The van der Waals surface area contributed by atoms with Crippen LogP contribution in [0.4, 0.5) is 0 Å². The Morgan fingerprint density at radius 2 is 2.45 bits per heavy atom. The fourth-order valence-corrected chi connectivity index (χ4v) is 0.657. The molecule has 0 aromatic heterocycles. The third kappa shape index (κ3) is 6.30. The molecule has 0 rings (SSSR count). The summed E-state index contributed by atoms with van der Waals surface area (Å²) in [5.41, 5.74) is 0. The molecule has 0 amide bonds. The van der Waals surface area contributed by atoms with Gasteiger partial charge in [0.1, 0.15) is 0 Å². The lowest BCUT2D eigenvalue weighted by molar-refractivity contribution is -0.137. The fourth-order valence-electron chi connectivity index (χ4n) is 0.450. The minimum Gasteiger partial charge on any atom is -0.463 e. The van der Waals surface area contributed by atoms with E-state index in [1.165, 1.54) is 6.08 Å². The van der Waals surface area contributed by atoms with Crippen LogP contribution in [0.5, 0.6) is 0 Å². The normalized spacial score (nSPS) is 13.4. The molecule has 4 heteroatoms. The number of carbonyl (C=O) groups is 1. The molecule has 0 aliphatic carbocycles. The summed E-state index contributed by atoms with van der Waals surface area (Å²) in [5, 5.41) is 0. The average molecular weight is 269 g/mol. The minimum absolute atomic E-state index is 0.194. The zero-order valence-electron chi connectivity index (χ0n) is 6.63. The van der Waals surface area contributed by atoms with Crippen molar-refractivity contribution >= 4 is 28.8 Å². The largest absolute Gasteiger partial charge is 0.463 e. The van der Waals surface area contributed by atoms with E-state index in [0.29, 0.717) is 6.61 Å². The predicted octanol–water partition coefficient (Wildman–Crippen LogP) is 1.43. The summed E-state index contributed by atoms with van der Waals surface area (Å²) in [6.45, 7) is 4.16. The Morgan fingerprint density at radius 3 is 2.91 bits per heavy atom. The van der Waals surface area contributed by atoms with Gasteiger partial charge in [-0.25, -0.2) is 4.79 Å². The van der Waals surface area contributed by atoms with Crippen LogP contribution in [0.2, 0.25) is 0 Å². The van der Waals surface area contributed by atoms with E-state index >= 15 is 0 Å². The zero-order chi connectivity index (χ0) is 8.69. The number of hydrogen-bond donors (Lipinski definition) is 1. The summed E-state index contributed by atoms with van der Waals surface area (Å²) in [4.78, 5) is 10.7. The predicted molar refractivity (Wildman–Crippen MR) is 52.4 cm³/mol. The molecule has 0 aromatic carbocycles. The molecule has 0 aliphatic rings. The van der Waals surface area contributed by atoms with Crippen LogP contribution >= 0.6 is 22.9 Å². The van der Waals surface area contributed by atoms with Crippen LogP contribution in [0.1, 0.15) is 13.8 Å². The van der Waals surface area contributed by atoms with E-state index in [2.05, 4.69) is 8.27 Å². The SMILES string of the molecule is CCOC(=O)/C=C/[C@@H](C)NI. The molecule has 0 saturated carbocycles. The van der Waals surface area contributed by atoms with Gasteiger partial charge in [-0.05, 0) is 13.8 Å². The smallest absolute Gasteiger partial charge is 0.330 e. The van der Waals surface area contributed by atoms with E-state index in [9.17, 15) is 4.79 Å². The molecule has 0 spiro atoms. The number of halogens is 1. The third-order valence-electron chi connectivity index (χ3n) is 0.980. The average Bonchev–Trinajstić information content (AvgIpc) is 2.01. The van der Waals surface area contributed by atoms with Gasteiger partial charge in [0.25, 0.3) is 0 Å². The molecule has 11 heavy (non-hydrogen) atoms. The van der Waals surface area contributed by atoms with E-state index in [0.717, 1.165) is 0 Å². The summed E-state index contributed by atoms with van der Waals surface area (Å²) in [6, 6.07) is 0.194. The first-order chi connectivity index (χ1) is 5.20. The monoisotopic (exact) mass is 269 g/mol. The van der Waals surface area contributed by atoms with Crippen LogP contribution < -0.4 is 3.53 Å². The van der Waals surface area contributed by atoms with Crippen molar-refractivity contribution in [3.8, 4) is 0 Å². The molecule has 0 saturated heterocycles. The van der Waals surface area contributed by atoms with E-state index in [4.69, 9.17) is 0 Å². The van der Waals surface area contributed by atoms with Gasteiger partial charge >= 0.3 is 5.97 Å². The highest BCUT2D eigenvalue weighted by Gasteiger charge is 1.95. The summed E-state index contributed by atoms with van der Waals surface area (Å²) >= 11 is 2.03. The first-order valence-electron chi connectivity index (χ1n) is 3.41. The number of rotatable bonds is 4. The summed E-state index contributed by atoms with van der Waals surface area (Å²) in [7, 11) is 0. The van der Waals surface area contributed by atoms with Crippen LogP contribution in [0.15, 0.2) is 12.2 Å². The highest BCUT2D eigenvalue weighted by atomic mass is 127. The van der Waals surface area contributed by atoms with Crippen molar-refractivity contribution in [2.75, 3.05) is 6.61 Å². The minimum atomic E-state index is -0.286. The molecule has 3 nitrogen and oxygen atoms in total. The molecular weight excluding hydrogens is 257 g/mol. The van der Waals surface area contributed by atoms with Gasteiger partial charge in [-0.1, -0.05) is 6.08 Å². The van der Waals surface area contributed by atoms with Gasteiger partial charge in [0.05, 0.1) is 6.61 Å². The van der Waals surface area contributed by atoms with Crippen LogP contribution in [0.3, 0.4) is 0 Å². The second-order valence-corrected chi connectivity index (χ2v) is 2.63. The van der Waals surface area contributed by atoms with E-state index in [-0.39, 0.29) is 12.0 Å². The Bertz CT molecular complexity index is 147. The van der Waals surface area contributed by atoms with Crippen molar-refractivity contribution in [1.29, 1.82) is 0 Å². The molecule has 0 radical (unpaired) electrons. The van der Waals surface area contributed by atoms with E-state index < -0.39 is 0 Å². The first-order valence-corrected chi connectivity index (χ1v) is 4.49. The summed E-state index contributed by atoms with van der Waals surface area (Å²) < 4.78 is 7.62. The lowest BCUT2D eigenvalue weighted by atomic mass is 10.3. The Hall–Kier alpha value is -0.100. The Balaban J connectivity index is 3.63. The van der Waals surface area contributed by atoms with E-state index in [1.807, 2.05) is 29.8 Å². The molecular formula is C7H12INO2. The number of ether oxygens (including phenoxy) is 1. The zero-order valence-corrected chi connectivity index (χ0v) is 8.79. The molecule has 0 unspecified atom stereocenters. The number of esters is 1. The van der Waals surface area contributed by atoms with Gasteiger partial charge in [-0.2, -0.15) is 0 Å². The van der Waals surface area contributed by atoms with Crippen LogP contribution in [0.25, 0.3) is 0 Å². The van der Waals surface area contributed by atoms with Gasteiger partial charge in [0, 0.05) is 35.0 Å². The highest BCUT2D eigenvalue weighted by Crippen LogP contribution is 1.89. The van der Waals surface area contributed by atoms with Gasteiger partial charge < -0.3 is 4.74 Å². The van der Waals surface area contributed by atoms with Gasteiger partial charge in [-0.3, -0.25) is 3.53 Å². The molecule has 0 bridgehead atoms. The quantitative estimate of drug-likeness (QED) is 0.363. The van der Waals surface area contributed by atoms with Crippen LogP contribution in [0, 0.1) is 0 Å². The number of carbonyl (C=O) groups excluding carboxylic acids is 1. The molecule has 1 atom stereocenters. The fraction of sp³-hybridized carbons (Fsp3) is 0.571. The maximum atomic E-state index is 10.7. The Kier molecular flexibility index (Phi) is 6.54. The van der Waals surface area contributed by atoms with Crippen molar-refractivity contribution in [3.63, 3.8) is 0 Å². The Labute approximate surface area is 80.7 Å². The lowest BCUT2D eigenvalue weighted by Crippen LogP contribution is -2.12. The molecule has 64 valence electrons. The molecule has 1 N–H and O–H groups in total. The molecule has 0 fully saturated rings.